The first kappa shape index (κ1) is 12.3. The fraction of sp³-hybridized carbons (Fsp3) is 1.00. The number of hydrogen-bond acceptors (Lipinski definition) is 3. The van der Waals surface area contributed by atoms with Crippen LogP contribution in [0.3, 0.4) is 0 Å². The summed E-state index contributed by atoms with van der Waals surface area (Å²) >= 11 is 0. The standard InChI is InChI=1S/C13H26N2O/c1-11-4-6-15(12(9-11)10-14)7-5-13-3-2-8-16-13/h11-13H,2-10,14H2,1H3. The lowest BCUT2D eigenvalue weighted by Gasteiger charge is -2.38. The summed E-state index contributed by atoms with van der Waals surface area (Å²) in [6.07, 6.45) is 6.85. The lowest BCUT2D eigenvalue weighted by Crippen LogP contribution is -2.47. The molecule has 0 spiro atoms. The highest BCUT2D eigenvalue weighted by molar-refractivity contribution is 4.81. The van der Waals surface area contributed by atoms with E-state index in [2.05, 4.69) is 11.8 Å². The van der Waals surface area contributed by atoms with E-state index in [4.69, 9.17) is 10.5 Å². The van der Waals surface area contributed by atoms with E-state index in [-0.39, 0.29) is 0 Å². The van der Waals surface area contributed by atoms with Crippen LogP contribution >= 0.6 is 0 Å². The molecule has 0 aliphatic carbocycles. The van der Waals surface area contributed by atoms with Crippen LogP contribution < -0.4 is 5.73 Å². The Balaban J connectivity index is 1.74. The second-order valence-electron chi connectivity index (χ2n) is 5.48. The van der Waals surface area contributed by atoms with Gasteiger partial charge in [0, 0.05) is 25.7 Å². The molecule has 2 rings (SSSR count). The lowest BCUT2D eigenvalue weighted by atomic mass is 9.92. The van der Waals surface area contributed by atoms with E-state index in [1.165, 1.54) is 45.2 Å². The van der Waals surface area contributed by atoms with Gasteiger partial charge in [0.2, 0.25) is 0 Å². The van der Waals surface area contributed by atoms with Crippen LogP contribution in [0.5, 0.6) is 0 Å². The fourth-order valence-electron chi connectivity index (χ4n) is 3.02. The molecule has 0 aromatic rings. The van der Waals surface area contributed by atoms with Crippen molar-refractivity contribution in [2.75, 3.05) is 26.2 Å². The van der Waals surface area contributed by atoms with Crippen LogP contribution in [-0.4, -0.2) is 43.3 Å². The SMILES string of the molecule is CC1CCN(CCC2CCCO2)C(CN)C1. The van der Waals surface area contributed by atoms with Gasteiger partial charge in [0.25, 0.3) is 0 Å². The van der Waals surface area contributed by atoms with Crippen LogP contribution in [0.4, 0.5) is 0 Å². The second-order valence-corrected chi connectivity index (χ2v) is 5.48. The Bertz CT molecular complexity index is 204. The Labute approximate surface area is 99.3 Å². The highest BCUT2D eigenvalue weighted by atomic mass is 16.5. The summed E-state index contributed by atoms with van der Waals surface area (Å²) in [5, 5.41) is 0. The van der Waals surface area contributed by atoms with Crippen molar-refractivity contribution in [1.82, 2.24) is 4.90 Å². The van der Waals surface area contributed by atoms with Crippen molar-refractivity contribution < 1.29 is 4.74 Å². The van der Waals surface area contributed by atoms with Gasteiger partial charge in [-0.2, -0.15) is 0 Å². The number of ether oxygens (including phenoxy) is 1. The Hall–Kier alpha value is -0.120. The zero-order valence-corrected chi connectivity index (χ0v) is 10.5. The number of likely N-dealkylation sites (tertiary alicyclic amines) is 1. The van der Waals surface area contributed by atoms with Crippen LogP contribution in [0.1, 0.15) is 39.0 Å². The van der Waals surface area contributed by atoms with E-state index in [0.29, 0.717) is 12.1 Å². The average Bonchev–Trinajstić information content (AvgIpc) is 2.80. The van der Waals surface area contributed by atoms with Gasteiger partial charge in [0.15, 0.2) is 0 Å². The quantitative estimate of drug-likeness (QED) is 0.791. The first-order chi connectivity index (χ1) is 7.79. The Kier molecular flexibility index (Phi) is 4.62. The van der Waals surface area contributed by atoms with Gasteiger partial charge in [-0.3, -0.25) is 4.90 Å². The molecular formula is C13H26N2O. The molecule has 2 N–H and O–H groups in total. The average molecular weight is 226 g/mol. The van der Waals surface area contributed by atoms with Crippen LogP contribution in [-0.2, 0) is 4.74 Å². The van der Waals surface area contributed by atoms with Crippen molar-refractivity contribution in [2.45, 2.75) is 51.2 Å². The molecule has 3 nitrogen and oxygen atoms in total. The van der Waals surface area contributed by atoms with E-state index in [9.17, 15) is 0 Å². The third-order valence-electron chi connectivity index (χ3n) is 4.13. The Morgan fingerprint density at radius 2 is 2.25 bits per heavy atom. The van der Waals surface area contributed by atoms with E-state index < -0.39 is 0 Å². The highest BCUT2D eigenvalue weighted by Crippen LogP contribution is 2.23. The minimum atomic E-state index is 0.526. The fourth-order valence-corrected chi connectivity index (χ4v) is 3.02. The Morgan fingerprint density at radius 3 is 2.94 bits per heavy atom. The molecule has 94 valence electrons. The van der Waals surface area contributed by atoms with Crippen molar-refractivity contribution in [3.05, 3.63) is 0 Å². The smallest absolute Gasteiger partial charge is 0.0588 e. The maximum Gasteiger partial charge on any atom is 0.0588 e. The molecule has 0 amide bonds. The summed E-state index contributed by atoms with van der Waals surface area (Å²) in [6, 6.07) is 0.616. The van der Waals surface area contributed by atoms with Gasteiger partial charge in [-0.25, -0.2) is 0 Å². The molecule has 3 heteroatoms. The van der Waals surface area contributed by atoms with Crippen molar-refractivity contribution in [1.29, 1.82) is 0 Å². The molecule has 0 saturated carbocycles. The van der Waals surface area contributed by atoms with Gasteiger partial charge in [0.05, 0.1) is 6.10 Å². The van der Waals surface area contributed by atoms with Crippen molar-refractivity contribution in [2.24, 2.45) is 11.7 Å². The van der Waals surface area contributed by atoms with Crippen LogP contribution in [0.15, 0.2) is 0 Å². The molecule has 0 aromatic heterocycles. The number of nitrogens with two attached hydrogens (primary N) is 1. The van der Waals surface area contributed by atoms with Gasteiger partial charge in [-0.15, -0.1) is 0 Å². The predicted molar refractivity (Wildman–Crippen MR) is 66.4 cm³/mol. The molecule has 2 aliphatic rings. The topological polar surface area (TPSA) is 38.5 Å². The first-order valence-electron chi connectivity index (χ1n) is 6.85. The molecule has 2 heterocycles. The molecule has 0 bridgehead atoms. The number of hydrogen-bond donors (Lipinski definition) is 1. The second kappa shape index (κ2) is 5.99. The largest absolute Gasteiger partial charge is 0.378 e. The van der Waals surface area contributed by atoms with E-state index in [1.54, 1.807) is 0 Å². The zero-order valence-electron chi connectivity index (χ0n) is 10.5. The van der Waals surface area contributed by atoms with Gasteiger partial charge >= 0.3 is 0 Å². The van der Waals surface area contributed by atoms with Crippen molar-refractivity contribution in [3.63, 3.8) is 0 Å². The third-order valence-corrected chi connectivity index (χ3v) is 4.13. The summed E-state index contributed by atoms with van der Waals surface area (Å²) in [5.74, 6) is 0.854. The number of rotatable bonds is 4. The third kappa shape index (κ3) is 3.19. The van der Waals surface area contributed by atoms with Crippen molar-refractivity contribution in [3.8, 4) is 0 Å². The monoisotopic (exact) mass is 226 g/mol. The van der Waals surface area contributed by atoms with Crippen LogP contribution in [0, 0.1) is 5.92 Å². The molecule has 3 unspecified atom stereocenters. The summed E-state index contributed by atoms with van der Waals surface area (Å²) in [5.41, 5.74) is 5.87. The molecule has 2 aliphatic heterocycles. The molecular weight excluding hydrogens is 200 g/mol. The van der Waals surface area contributed by atoms with Gasteiger partial charge in [0.1, 0.15) is 0 Å². The van der Waals surface area contributed by atoms with Crippen molar-refractivity contribution >= 4 is 0 Å². The lowest BCUT2D eigenvalue weighted by molar-refractivity contribution is 0.0689. The molecule has 16 heavy (non-hydrogen) atoms. The summed E-state index contributed by atoms with van der Waals surface area (Å²) in [4.78, 5) is 2.58. The predicted octanol–water partition coefficient (Wildman–Crippen LogP) is 1.61. The normalized spacial score (nSPS) is 36.8. The molecule has 3 atom stereocenters. The Morgan fingerprint density at radius 1 is 1.38 bits per heavy atom. The molecule has 2 saturated heterocycles. The molecule has 2 fully saturated rings. The molecule has 0 aromatic carbocycles. The minimum absolute atomic E-state index is 0.526. The van der Waals surface area contributed by atoms with Crippen LogP contribution in [0.25, 0.3) is 0 Å². The maximum atomic E-state index is 5.87. The minimum Gasteiger partial charge on any atom is -0.378 e. The van der Waals surface area contributed by atoms with E-state index >= 15 is 0 Å². The first-order valence-corrected chi connectivity index (χ1v) is 6.85. The van der Waals surface area contributed by atoms with Crippen LogP contribution in [0.2, 0.25) is 0 Å². The zero-order chi connectivity index (χ0) is 11.4. The van der Waals surface area contributed by atoms with Gasteiger partial charge < -0.3 is 10.5 Å². The summed E-state index contributed by atoms with van der Waals surface area (Å²) in [6.45, 7) is 6.55. The maximum absolute atomic E-state index is 5.87. The summed E-state index contributed by atoms with van der Waals surface area (Å²) in [7, 11) is 0. The summed E-state index contributed by atoms with van der Waals surface area (Å²) < 4.78 is 5.68. The van der Waals surface area contributed by atoms with E-state index in [0.717, 1.165) is 19.1 Å². The number of nitrogens with zero attached hydrogens (tertiary/aromatic N) is 1. The highest BCUT2D eigenvalue weighted by Gasteiger charge is 2.26. The molecule has 0 radical (unpaired) electrons. The number of piperidine rings is 1. The van der Waals surface area contributed by atoms with E-state index in [1.807, 2.05) is 0 Å². The van der Waals surface area contributed by atoms with Gasteiger partial charge in [-0.1, -0.05) is 6.92 Å². The van der Waals surface area contributed by atoms with Gasteiger partial charge in [-0.05, 0) is 44.6 Å².